The Hall–Kier alpha value is -3.04. The topological polar surface area (TPSA) is 142 Å². The second-order valence-corrected chi connectivity index (χ2v) is 7.58. The van der Waals surface area contributed by atoms with Crippen molar-refractivity contribution in [3.8, 4) is 11.5 Å². The van der Waals surface area contributed by atoms with Crippen LogP contribution < -0.4 is 10.1 Å². The summed E-state index contributed by atoms with van der Waals surface area (Å²) in [6.07, 6.45) is 2.08. The Morgan fingerprint density at radius 2 is 1.83 bits per heavy atom. The number of ether oxygens (including phenoxy) is 1. The molecule has 1 rings (SSSR count). The summed E-state index contributed by atoms with van der Waals surface area (Å²) >= 11 is 0. The molecular formula is C19H29N3O7. The van der Waals surface area contributed by atoms with Crippen molar-refractivity contribution < 1.29 is 29.5 Å². The number of carboxylic acid groups (broad SMARTS) is 1. The molecule has 0 aliphatic rings. The number of nitrogens with one attached hydrogen (secondary N) is 1. The van der Waals surface area contributed by atoms with Gasteiger partial charge in [-0.3, -0.25) is 14.9 Å². The molecule has 0 aliphatic carbocycles. The van der Waals surface area contributed by atoms with Crippen LogP contribution in [-0.2, 0) is 0 Å². The van der Waals surface area contributed by atoms with Gasteiger partial charge in [0.2, 0.25) is 5.75 Å². The molecule has 2 amide bonds. The van der Waals surface area contributed by atoms with E-state index in [9.17, 15) is 29.9 Å². The van der Waals surface area contributed by atoms with E-state index in [1.54, 1.807) is 0 Å². The number of carbonyl (C=O) groups excluding carboxylic acids is 1. The number of rotatable bonds is 10. The third kappa shape index (κ3) is 7.13. The molecule has 0 heterocycles. The predicted octanol–water partition coefficient (Wildman–Crippen LogP) is 3.38. The Bertz CT molecular complexity index is 744. The van der Waals surface area contributed by atoms with Gasteiger partial charge in [-0.05, 0) is 39.7 Å². The van der Waals surface area contributed by atoms with Crippen molar-refractivity contribution in [3.63, 3.8) is 0 Å². The molecule has 0 aliphatic heterocycles. The maximum Gasteiger partial charge on any atom is 0.407 e. The van der Waals surface area contributed by atoms with Gasteiger partial charge in [0.05, 0.1) is 17.6 Å². The van der Waals surface area contributed by atoms with E-state index in [2.05, 4.69) is 5.32 Å². The zero-order chi connectivity index (χ0) is 22.2. The van der Waals surface area contributed by atoms with Crippen molar-refractivity contribution in [2.45, 2.75) is 52.0 Å². The number of nitrogens with zero attached hydrogens (tertiary/aromatic N) is 2. The van der Waals surface area contributed by atoms with E-state index in [1.165, 1.54) is 18.1 Å². The largest absolute Gasteiger partial charge is 0.500 e. The Kier molecular flexibility index (Phi) is 8.68. The van der Waals surface area contributed by atoms with Crippen molar-refractivity contribution in [3.05, 3.63) is 27.8 Å². The molecule has 0 saturated heterocycles. The highest BCUT2D eigenvalue weighted by Crippen LogP contribution is 2.36. The molecule has 29 heavy (non-hydrogen) atoms. The highest BCUT2D eigenvalue weighted by atomic mass is 16.6. The molecule has 0 unspecified atom stereocenters. The van der Waals surface area contributed by atoms with Crippen LogP contribution in [0.1, 0.15) is 56.8 Å². The van der Waals surface area contributed by atoms with Gasteiger partial charge in [-0.15, -0.1) is 0 Å². The summed E-state index contributed by atoms with van der Waals surface area (Å²) in [6.45, 7) is 6.36. The monoisotopic (exact) mass is 411 g/mol. The highest BCUT2D eigenvalue weighted by molar-refractivity contribution is 5.95. The molecule has 3 N–H and O–H groups in total. The van der Waals surface area contributed by atoms with Gasteiger partial charge >= 0.3 is 11.8 Å². The quantitative estimate of drug-likeness (QED) is 0.304. The van der Waals surface area contributed by atoms with Crippen molar-refractivity contribution in [2.75, 3.05) is 20.2 Å². The minimum Gasteiger partial charge on any atom is -0.500 e. The zero-order valence-corrected chi connectivity index (χ0v) is 17.2. The van der Waals surface area contributed by atoms with E-state index in [4.69, 9.17) is 4.74 Å². The van der Waals surface area contributed by atoms with Crippen LogP contribution in [0, 0.1) is 10.1 Å². The van der Waals surface area contributed by atoms with Crippen LogP contribution in [0.3, 0.4) is 0 Å². The summed E-state index contributed by atoms with van der Waals surface area (Å²) in [4.78, 5) is 35.1. The van der Waals surface area contributed by atoms with E-state index in [1.807, 2.05) is 20.8 Å². The van der Waals surface area contributed by atoms with Crippen molar-refractivity contribution in [1.82, 2.24) is 10.2 Å². The average Bonchev–Trinajstić information content (AvgIpc) is 2.62. The SMILES string of the molecule is COc1cc(C(=O)NCCCCCCN(C(=O)O)C(C)(C)C)cc([N+](=O)[O-])c1O. The first-order chi connectivity index (χ1) is 13.5. The first-order valence-corrected chi connectivity index (χ1v) is 9.33. The van der Waals surface area contributed by atoms with Crippen LogP contribution in [0.5, 0.6) is 11.5 Å². The molecule has 0 spiro atoms. The average molecular weight is 411 g/mol. The van der Waals surface area contributed by atoms with Crippen LogP contribution in [0.15, 0.2) is 12.1 Å². The summed E-state index contributed by atoms with van der Waals surface area (Å²) in [5.41, 5.74) is -1.03. The number of methoxy groups -OCH3 is 1. The molecular weight excluding hydrogens is 382 g/mol. The number of nitro groups is 1. The van der Waals surface area contributed by atoms with Crippen LogP contribution >= 0.6 is 0 Å². The minimum atomic E-state index is -0.941. The van der Waals surface area contributed by atoms with E-state index >= 15 is 0 Å². The van der Waals surface area contributed by atoms with Gasteiger partial charge in [0.1, 0.15) is 0 Å². The lowest BCUT2D eigenvalue weighted by molar-refractivity contribution is -0.386. The van der Waals surface area contributed by atoms with Gasteiger partial charge in [0.15, 0.2) is 5.75 Å². The smallest absolute Gasteiger partial charge is 0.407 e. The lowest BCUT2D eigenvalue weighted by Gasteiger charge is -2.33. The van der Waals surface area contributed by atoms with Gasteiger partial charge in [-0.1, -0.05) is 12.8 Å². The maximum absolute atomic E-state index is 12.2. The summed E-state index contributed by atoms with van der Waals surface area (Å²) in [7, 11) is 1.24. The van der Waals surface area contributed by atoms with Gasteiger partial charge in [-0.25, -0.2) is 4.79 Å². The Labute approximate surface area is 169 Å². The molecule has 0 fully saturated rings. The van der Waals surface area contributed by atoms with Gasteiger partial charge in [0.25, 0.3) is 5.91 Å². The summed E-state index contributed by atoms with van der Waals surface area (Å²) in [5.74, 6) is -1.28. The molecule has 0 aromatic heterocycles. The standard InChI is InChI=1S/C19H29N3O7/c1-19(2,3)21(18(25)26)10-8-6-5-7-9-20-17(24)13-11-14(22(27)28)16(23)15(12-13)29-4/h11-12,23H,5-10H2,1-4H3,(H,20,24)(H,25,26). The number of hydrogen-bond acceptors (Lipinski definition) is 6. The van der Waals surface area contributed by atoms with E-state index in [-0.39, 0.29) is 11.3 Å². The molecule has 0 atom stereocenters. The van der Waals surface area contributed by atoms with Gasteiger partial charge in [0, 0.05) is 24.7 Å². The number of amides is 2. The molecule has 1 aromatic rings. The third-order valence-electron chi connectivity index (χ3n) is 4.37. The fourth-order valence-electron chi connectivity index (χ4n) is 2.79. The summed E-state index contributed by atoms with van der Waals surface area (Å²) in [5, 5.41) is 32.7. The van der Waals surface area contributed by atoms with Crippen LogP contribution in [0.2, 0.25) is 0 Å². The number of unbranched alkanes of at least 4 members (excludes halogenated alkanes) is 3. The summed E-state index contributed by atoms with van der Waals surface area (Å²) in [6, 6.07) is 2.24. The van der Waals surface area contributed by atoms with Gasteiger partial charge < -0.3 is 25.2 Å². The fourth-order valence-corrected chi connectivity index (χ4v) is 2.79. The van der Waals surface area contributed by atoms with Crippen LogP contribution in [0.4, 0.5) is 10.5 Å². The highest BCUT2D eigenvalue weighted by Gasteiger charge is 2.25. The Morgan fingerprint density at radius 3 is 2.34 bits per heavy atom. The number of phenols is 1. The fraction of sp³-hybridized carbons (Fsp3) is 0.579. The lowest BCUT2D eigenvalue weighted by atomic mass is 10.1. The molecule has 0 radical (unpaired) electrons. The normalized spacial score (nSPS) is 11.0. The number of phenolic OH excluding ortho intramolecular Hbond substituents is 1. The number of nitro benzene ring substituents is 1. The van der Waals surface area contributed by atoms with Crippen molar-refractivity contribution in [2.24, 2.45) is 0 Å². The van der Waals surface area contributed by atoms with Crippen molar-refractivity contribution in [1.29, 1.82) is 0 Å². The first-order valence-electron chi connectivity index (χ1n) is 9.33. The lowest BCUT2D eigenvalue weighted by Crippen LogP contribution is -2.45. The van der Waals surface area contributed by atoms with E-state index < -0.39 is 33.9 Å². The van der Waals surface area contributed by atoms with E-state index in [0.717, 1.165) is 25.3 Å². The predicted molar refractivity (Wildman–Crippen MR) is 107 cm³/mol. The number of carbonyl (C=O) groups is 2. The Morgan fingerprint density at radius 1 is 1.21 bits per heavy atom. The first kappa shape index (κ1) is 24.0. The van der Waals surface area contributed by atoms with Gasteiger partial charge in [-0.2, -0.15) is 0 Å². The zero-order valence-electron chi connectivity index (χ0n) is 17.2. The molecule has 0 bridgehead atoms. The molecule has 10 nitrogen and oxygen atoms in total. The third-order valence-corrected chi connectivity index (χ3v) is 4.37. The van der Waals surface area contributed by atoms with Crippen molar-refractivity contribution >= 4 is 17.7 Å². The maximum atomic E-state index is 12.2. The second-order valence-electron chi connectivity index (χ2n) is 7.58. The van der Waals surface area contributed by atoms with Crippen LogP contribution in [-0.4, -0.2) is 57.8 Å². The minimum absolute atomic E-state index is 0.0219. The van der Waals surface area contributed by atoms with Crippen LogP contribution in [0.25, 0.3) is 0 Å². The molecule has 162 valence electrons. The van der Waals surface area contributed by atoms with E-state index in [0.29, 0.717) is 19.5 Å². The molecule has 1 aromatic carbocycles. The number of benzene rings is 1. The molecule has 0 saturated carbocycles. The second kappa shape index (κ2) is 10.5. The molecule has 10 heteroatoms. The Balaban J connectivity index is 2.46. The number of hydrogen-bond donors (Lipinski definition) is 3. The number of aromatic hydroxyl groups is 1. The summed E-state index contributed by atoms with van der Waals surface area (Å²) < 4.78 is 4.88.